The Kier molecular flexibility index (Phi) is 9.90. The maximum atomic E-state index is 13.9. The molecule has 1 aliphatic carbocycles. The minimum absolute atomic E-state index is 0.0455. The minimum Gasteiger partial charge on any atom is -0.495 e. The average Bonchev–Trinajstić information content (AvgIpc) is 3.39. The van der Waals surface area contributed by atoms with Gasteiger partial charge in [0.25, 0.3) is 5.69 Å². The molecule has 1 saturated carbocycles. The van der Waals surface area contributed by atoms with Crippen molar-refractivity contribution in [2.24, 2.45) is 0 Å². The van der Waals surface area contributed by atoms with Crippen molar-refractivity contribution >= 4 is 33.2 Å². The van der Waals surface area contributed by atoms with Gasteiger partial charge in [0, 0.05) is 24.7 Å². The number of nitrogens with one attached hydrogen (secondary N) is 1. The van der Waals surface area contributed by atoms with E-state index in [0.29, 0.717) is 6.42 Å². The standard InChI is InChI=1S/C27H36N4O7S/c1-5-23(27(33)28-21-11-6-7-12-21)29(17-20-10-8-9-19(2)15-20)26(32)18-30(39(4,36)37)24-16-22(31(34)35)13-14-25(24)38-3/h8-10,13-16,21,23H,5-7,11-12,17-18H2,1-4H3,(H,28,33)/t23-/m1/s1. The van der Waals surface area contributed by atoms with Gasteiger partial charge in [0.15, 0.2) is 0 Å². The summed E-state index contributed by atoms with van der Waals surface area (Å²) in [6, 6.07) is 10.2. The van der Waals surface area contributed by atoms with Crippen molar-refractivity contribution in [1.29, 1.82) is 0 Å². The topological polar surface area (TPSA) is 139 Å². The normalized spacial score (nSPS) is 14.5. The molecular formula is C27H36N4O7S. The molecule has 3 rings (SSSR count). The molecule has 0 bridgehead atoms. The lowest BCUT2D eigenvalue weighted by Gasteiger charge is -2.33. The van der Waals surface area contributed by atoms with Gasteiger partial charge in [-0.3, -0.25) is 24.0 Å². The van der Waals surface area contributed by atoms with Crippen molar-refractivity contribution in [2.45, 2.75) is 64.6 Å². The number of nitro groups is 1. The Bertz CT molecular complexity index is 1310. The Morgan fingerprint density at radius 1 is 1.18 bits per heavy atom. The predicted molar refractivity (Wildman–Crippen MR) is 148 cm³/mol. The number of aryl methyl sites for hydroxylation is 1. The average molecular weight is 561 g/mol. The molecule has 2 aromatic rings. The lowest BCUT2D eigenvalue weighted by molar-refractivity contribution is -0.384. The molecular weight excluding hydrogens is 524 g/mol. The maximum Gasteiger partial charge on any atom is 0.271 e. The quantitative estimate of drug-likeness (QED) is 0.309. The summed E-state index contributed by atoms with van der Waals surface area (Å²) in [7, 11) is -2.79. The monoisotopic (exact) mass is 560 g/mol. The molecule has 0 unspecified atom stereocenters. The summed E-state index contributed by atoms with van der Waals surface area (Å²) in [5, 5.41) is 14.5. The predicted octanol–water partition coefficient (Wildman–Crippen LogP) is 3.54. The van der Waals surface area contributed by atoms with Crippen molar-refractivity contribution < 1.29 is 27.7 Å². The van der Waals surface area contributed by atoms with Crippen LogP contribution in [-0.2, 0) is 26.2 Å². The summed E-state index contributed by atoms with van der Waals surface area (Å²) in [5.41, 5.74) is 1.27. The highest BCUT2D eigenvalue weighted by Gasteiger charge is 2.34. The highest BCUT2D eigenvalue weighted by molar-refractivity contribution is 7.92. The van der Waals surface area contributed by atoms with E-state index in [0.717, 1.165) is 53.4 Å². The molecule has 1 aliphatic rings. The number of carbonyl (C=O) groups is 2. The number of rotatable bonds is 12. The third-order valence-corrected chi connectivity index (χ3v) is 7.97. The number of sulfonamides is 1. The molecule has 11 nitrogen and oxygen atoms in total. The number of ether oxygens (including phenoxy) is 1. The van der Waals surface area contributed by atoms with Crippen LogP contribution in [0.4, 0.5) is 11.4 Å². The van der Waals surface area contributed by atoms with Crippen LogP contribution in [0.2, 0.25) is 0 Å². The lowest BCUT2D eigenvalue weighted by Crippen LogP contribution is -2.53. The Hall–Kier alpha value is -3.67. The van der Waals surface area contributed by atoms with Crippen LogP contribution in [-0.4, -0.2) is 62.0 Å². The molecule has 1 atom stereocenters. The van der Waals surface area contributed by atoms with Crippen LogP contribution >= 0.6 is 0 Å². The van der Waals surface area contributed by atoms with Crippen LogP contribution in [0.5, 0.6) is 5.75 Å². The molecule has 2 amide bonds. The second kappa shape index (κ2) is 12.9. The molecule has 0 radical (unpaired) electrons. The first kappa shape index (κ1) is 29.9. The molecule has 1 fully saturated rings. The number of benzene rings is 2. The minimum atomic E-state index is -4.09. The zero-order chi connectivity index (χ0) is 28.7. The summed E-state index contributed by atoms with van der Waals surface area (Å²) in [6.07, 6.45) is 5.04. The van der Waals surface area contributed by atoms with E-state index in [-0.39, 0.29) is 35.6 Å². The fraction of sp³-hybridized carbons (Fsp3) is 0.481. The van der Waals surface area contributed by atoms with Gasteiger partial charge in [-0.1, -0.05) is 49.6 Å². The summed E-state index contributed by atoms with van der Waals surface area (Å²) >= 11 is 0. The molecule has 0 saturated heterocycles. The first-order valence-electron chi connectivity index (χ1n) is 12.9. The van der Waals surface area contributed by atoms with E-state index >= 15 is 0 Å². The van der Waals surface area contributed by atoms with Crippen LogP contribution in [0.25, 0.3) is 0 Å². The maximum absolute atomic E-state index is 13.9. The fourth-order valence-corrected chi connectivity index (χ4v) is 5.72. The zero-order valence-corrected chi connectivity index (χ0v) is 23.6. The van der Waals surface area contributed by atoms with E-state index in [4.69, 9.17) is 4.74 Å². The SMILES string of the molecule is CC[C@H](C(=O)NC1CCCC1)N(Cc1cccc(C)c1)C(=O)CN(c1cc([N+](=O)[O-])ccc1OC)S(C)(=O)=O. The molecule has 0 heterocycles. The van der Waals surface area contributed by atoms with Gasteiger partial charge in [0.2, 0.25) is 21.8 Å². The highest BCUT2D eigenvalue weighted by Crippen LogP contribution is 2.34. The van der Waals surface area contributed by atoms with Crippen molar-refractivity contribution in [3.63, 3.8) is 0 Å². The van der Waals surface area contributed by atoms with Gasteiger partial charge in [-0.05, 0) is 37.8 Å². The van der Waals surface area contributed by atoms with Gasteiger partial charge in [-0.15, -0.1) is 0 Å². The molecule has 12 heteroatoms. The van der Waals surface area contributed by atoms with Crippen molar-refractivity contribution in [2.75, 3.05) is 24.2 Å². The lowest BCUT2D eigenvalue weighted by atomic mass is 10.1. The van der Waals surface area contributed by atoms with E-state index in [2.05, 4.69) is 5.32 Å². The number of methoxy groups -OCH3 is 1. The van der Waals surface area contributed by atoms with Crippen LogP contribution < -0.4 is 14.4 Å². The molecule has 2 aromatic carbocycles. The van der Waals surface area contributed by atoms with Crippen LogP contribution in [0, 0.1) is 17.0 Å². The van der Waals surface area contributed by atoms with E-state index in [9.17, 15) is 28.1 Å². The van der Waals surface area contributed by atoms with Gasteiger partial charge >= 0.3 is 0 Å². The number of nitrogens with zero attached hydrogens (tertiary/aromatic N) is 3. The zero-order valence-electron chi connectivity index (χ0n) is 22.8. The molecule has 0 aromatic heterocycles. The molecule has 0 spiro atoms. The summed E-state index contributed by atoms with van der Waals surface area (Å²) < 4.78 is 31.8. The Morgan fingerprint density at radius 2 is 1.87 bits per heavy atom. The summed E-state index contributed by atoms with van der Waals surface area (Å²) in [4.78, 5) is 39.4. The molecule has 39 heavy (non-hydrogen) atoms. The summed E-state index contributed by atoms with van der Waals surface area (Å²) in [5.74, 6) is -0.858. The smallest absolute Gasteiger partial charge is 0.271 e. The van der Waals surface area contributed by atoms with Gasteiger partial charge in [-0.2, -0.15) is 0 Å². The second-order valence-electron chi connectivity index (χ2n) is 9.81. The van der Waals surface area contributed by atoms with Gasteiger partial charge in [0.05, 0.1) is 18.3 Å². The Labute approximate surface area is 229 Å². The number of hydrogen-bond acceptors (Lipinski definition) is 7. The largest absolute Gasteiger partial charge is 0.495 e. The third kappa shape index (κ3) is 7.69. The molecule has 1 N–H and O–H groups in total. The first-order valence-corrected chi connectivity index (χ1v) is 14.7. The Balaban J connectivity index is 2.01. The number of amides is 2. The molecule has 0 aliphatic heterocycles. The first-order chi connectivity index (χ1) is 18.4. The molecule has 212 valence electrons. The van der Waals surface area contributed by atoms with Crippen LogP contribution in [0.3, 0.4) is 0 Å². The summed E-state index contributed by atoms with van der Waals surface area (Å²) in [6.45, 7) is 3.13. The fourth-order valence-electron chi connectivity index (χ4n) is 4.88. The van der Waals surface area contributed by atoms with E-state index in [1.54, 1.807) is 6.92 Å². The van der Waals surface area contributed by atoms with E-state index < -0.39 is 33.4 Å². The van der Waals surface area contributed by atoms with E-state index in [1.165, 1.54) is 24.1 Å². The van der Waals surface area contributed by atoms with Crippen molar-refractivity contribution in [3.8, 4) is 5.75 Å². The Morgan fingerprint density at radius 3 is 2.44 bits per heavy atom. The number of carbonyl (C=O) groups excluding carboxylic acids is 2. The van der Waals surface area contributed by atoms with E-state index in [1.807, 2.05) is 31.2 Å². The van der Waals surface area contributed by atoms with Crippen LogP contribution in [0.15, 0.2) is 42.5 Å². The number of hydrogen-bond donors (Lipinski definition) is 1. The van der Waals surface area contributed by atoms with Crippen molar-refractivity contribution in [3.05, 3.63) is 63.7 Å². The van der Waals surface area contributed by atoms with Crippen molar-refractivity contribution in [1.82, 2.24) is 10.2 Å². The van der Waals surface area contributed by atoms with Crippen LogP contribution in [0.1, 0.15) is 50.2 Å². The number of non-ortho nitro benzene ring substituents is 1. The van der Waals surface area contributed by atoms with Gasteiger partial charge in [0.1, 0.15) is 24.0 Å². The highest BCUT2D eigenvalue weighted by atomic mass is 32.2. The van der Waals surface area contributed by atoms with Gasteiger partial charge in [-0.25, -0.2) is 8.42 Å². The van der Waals surface area contributed by atoms with Gasteiger partial charge < -0.3 is 15.0 Å². The number of nitro benzene ring substituents is 1. The number of anilines is 1. The third-order valence-electron chi connectivity index (χ3n) is 6.84. The second-order valence-corrected chi connectivity index (χ2v) is 11.7.